The third kappa shape index (κ3) is 2.65. The van der Waals surface area contributed by atoms with Gasteiger partial charge in [0.1, 0.15) is 0 Å². The van der Waals surface area contributed by atoms with E-state index in [4.69, 9.17) is 9.47 Å². The Hall–Kier alpha value is -1.43. The van der Waals surface area contributed by atoms with Gasteiger partial charge in [-0.15, -0.1) is 11.3 Å². The number of carbonyl (C=O) groups excluding carboxylic acids is 1. The number of hydrogen-bond acceptors (Lipinski definition) is 4. The number of nitrogens with zero attached hydrogens (tertiary/aromatic N) is 1. The molecular weight excluding hydrogens is 322 g/mol. The van der Waals surface area contributed by atoms with Crippen molar-refractivity contribution in [2.24, 2.45) is 5.41 Å². The van der Waals surface area contributed by atoms with Crippen molar-refractivity contribution in [3.8, 4) is 0 Å². The number of benzene rings is 1. The second-order valence-corrected chi connectivity index (χ2v) is 7.83. The van der Waals surface area contributed by atoms with E-state index in [-0.39, 0.29) is 17.4 Å². The smallest absolute Gasteiger partial charge is 0.255 e. The SMILES string of the molecule is COC[C@@]12CCCO[C@H]1CCN(C(=O)c1csc3ccccc13)C2. The molecule has 3 heterocycles. The molecule has 2 aliphatic heterocycles. The quantitative estimate of drug-likeness (QED) is 0.854. The van der Waals surface area contributed by atoms with Crippen molar-refractivity contribution >= 4 is 27.3 Å². The summed E-state index contributed by atoms with van der Waals surface area (Å²) in [5.41, 5.74) is 0.783. The first-order chi connectivity index (χ1) is 11.7. The van der Waals surface area contributed by atoms with Crippen molar-refractivity contribution in [3.05, 3.63) is 35.2 Å². The maximum Gasteiger partial charge on any atom is 0.255 e. The first-order valence-electron chi connectivity index (χ1n) is 8.59. The van der Waals surface area contributed by atoms with Gasteiger partial charge in [-0.05, 0) is 25.3 Å². The predicted molar refractivity (Wildman–Crippen MR) is 95.6 cm³/mol. The van der Waals surface area contributed by atoms with Gasteiger partial charge in [0.25, 0.3) is 5.91 Å². The first kappa shape index (κ1) is 16.1. The monoisotopic (exact) mass is 345 g/mol. The fourth-order valence-electron chi connectivity index (χ4n) is 4.28. The van der Waals surface area contributed by atoms with Crippen molar-refractivity contribution in [2.75, 3.05) is 33.4 Å². The number of ether oxygens (including phenoxy) is 2. The molecule has 0 spiro atoms. The van der Waals surface area contributed by atoms with Crippen LogP contribution >= 0.6 is 11.3 Å². The highest BCUT2D eigenvalue weighted by molar-refractivity contribution is 7.17. The zero-order chi connectivity index (χ0) is 16.6. The van der Waals surface area contributed by atoms with Crippen LogP contribution in [0.2, 0.25) is 0 Å². The highest BCUT2D eigenvalue weighted by Gasteiger charge is 2.47. The normalized spacial score (nSPS) is 27.2. The van der Waals surface area contributed by atoms with Crippen LogP contribution in [0.5, 0.6) is 0 Å². The van der Waals surface area contributed by atoms with Crippen LogP contribution < -0.4 is 0 Å². The average Bonchev–Trinajstić information content (AvgIpc) is 3.05. The lowest BCUT2D eigenvalue weighted by atomic mass is 9.73. The molecule has 2 aliphatic rings. The molecule has 4 nitrogen and oxygen atoms in total. The number of amides is 1. The van der Waals surface area contributed by atoms with E-state index in [2.05, 4.69) is 6.07 Å². The van der Waals surface area contributed by atoms with Crippen LogP contribution in [0.25, 0.3) is 10.1 Å². The molecule has 2 aromatic rings. The average molecular weight is 345 g/mol. The first-order valence-corrected chi connectivity index (χ1v) is 9.47. The van der Waals surface area contributed by atoms with Gasteiger partial charge in [-0.3, -0.25) is 4.79 Å². The van der Waals surface area contributed by atoms with E-state index in [9.17, 15) is 4.79 Å². The van der Waals surface area contributed by atoms with Crippen LogP contribution in [0.1, 0.15) is 29.6 Å². The van der Waals surface area contributed by atoms with E-state index >= 15 is 0 Å². The van der Waals surface area contributed by atoms with Gasteiger partial charge < -0.3 is 14.4 Å². The molecule has 0 aliphatic carbocycles. The van der Waals surface area contributed by atoms with Crippen LogP contribution in [0.15, 0.2) is 29.6 Å². The molecule has 1 amide bonds. The van der Waals surface area contributed by atoms with E-state index in [1.807, 2.05) is 28.5 Å². The van der Waals surface area contributed by atoms with Crippen LogP contribution in [0.4, 0.5) is 0 Å². The van der Waals surface area contributed by atoms with E-state index in [1.54, 1.807) is 18.4 Å². The van der Waals surface area contributed by atoms with Gasteiger partial charge >= 0.3 is 0 Å². The van der Waals surface area contributed by atoms with E-state index in [0.717, 1.165) is 49.9 Å². The fourth-order valence-corrected chi connectivity index (χ4v) is 5.21. The molecule has 4 rings (SSSR count). The van der Waals surface area contributed by atoms with Crippen LogP contribution in [0.3, 0.4) is 0 Å². The lowest BCUT2D eigenvalue weighted by Gasteiger charge is -2.50. The van der Waals surface area contributed by atoms with Crippen molar-refractivity contribution in [2.45, 2.75) is 25.4 Å². The Kier molecular flexibility index (Phi) is 4.33. The molecular formula is C19H23NO3S. The number of methoxy groups -OCH3 is 1. The third-order valence-corrected chi connectivity index (χ3v) is 6.38. The Bertz CT molecular complexity index is 739. The minimum atomic E-state index is -0.0489. The fraction of sp³-hybridized carbons (Fsp3) is 0.526. The van der Waals surface area contributed by atoms with Gasteiger partial charge in [0.05, 0.1) is 18.3 Å². The zero-order valence-corrected chi connectivity index (χ0v) is 14.8. The summed E-state index contributed by atoms with van der Waals surface area (Å²) in [5, 5.41) is 3.06. The van der Waals surface area contributed by atoms with Gasteiger partial charge in [-0.1, -0.05) is 18.2 Å². The summed E-state index contributed by atoms with van der Waals surface area (Å²) < 4.78 is 12.7. The molecule has 1 aromatic heterocycles. The van der Waals surface area contributed by atoms with Gasteiger partial charge in [0.15, 0.2) is 0 Å². The minimum absolute atomic E-state index is 0.0489. The minimum Gasteiger partial charge on any atom is -0.384 e. The summed E-state index contributed by atoms with van der Waals surface area (Å²) >= 11 is 1.64. The molecule has 0 N–H and O–H groups in total. The topological polar surface area (TPSA) is 38.8 Å². The lowest BCUT2D eigenvalue weighted by molar-refractivity contribution is -0.142. The highest BCUT2D eigenvalue weighted by Crippen LogP contribution is 2.41. The van der Waals surface area contributed by atoms with Crippen LogP contribution in [-0.4, -0.2) is 50.3 Å². The second-order valence-electron chi connectivity index (χ2n) is 6.92. The largest absolute Gasteiger partial charge is 0.384 e. The molecule has 1 aromatic carbocycles. The molecule has 128 valence electrons. The number of fused-ring (bicyclic) bond motifs is 2. The Labute approximate surface area is 146 Å². The molecule has 2 atom stereocenters. The third-order valence-electron chi connectivity index (χ3n) is 5.42. The Morgan fingerprint density at radius 1 is 1.46 bits per heavy atom. The molecule has 24 heavy (non-hydrogen) atoms. The Morgan fingerprint density at radius 3 is 3.21 bits per heavy atom. The predicted octanol–water partition coefficient (Wildman–Crippen LogP) is 3.56. The summed E-state index contributed by atoms with van der Waals surface area (Å²) in [6.07, 6.45) is 3.23. The van der Waals surface area contributed by atoms with Gasteiger partial charge in [-0.25, -0.2) is 0 Å². The molecule has 0 unspecified atom stereocenters. The number of rotatable bonds is 3. The van der Waals surface area contributed by atoms with E-state index < -0.39 is 0 Å². The zero-order valence-electron chi connectivity index (χ0n) is 14.0. The summed E-state index contributed by atoms with van der Waals surface area (Å²) in [6.45, 7) is 2.98. The summed E-state index contributed by atoms with van der Waals surface area (Å²) in [7, 11) is 1.74. The number of hydrogen-bond donors (Lipinski definition) is 0. The number of carbonyl (C=O) groups is 1. The van der Waals surface area contributed by atoms with Crippen molar-refractivity contribution in [1.82, 2.24) is 4.90 Å². The lowest BCUT2D eigenvalue weighted by Crippen LogP contribution is -2.58. The Morgan fingerprint density at radius 2 is 2.33 bits per heavy atom. The molecule has 2 fully saturated rings. The molecule has 0 bridgehead atoms. The van der Waals surface area contributed by atoms with Gasteiger partial charge in [0.2, 0.25) is 0 Å². The van der Waals surface area contributed by atoms with Crippen LogP contribution in [0, 0.1) is 5.41 Å². The van der Waals surface area contributed by atoms with Crippen molar-refractivity contribution in [1.29, 1.82) is 0 Å². The number of thiophene rings is 1. The molecule has 0 saturated carbocycles. The van der Waals surface area contributed by atoms with Gasteiger partial charge in [-0.2, -0.15) is 0 Å². The number of likely N-dealkylation sites (tertiary alicyclic amines) is 1. The second kappa shape index (κ2) is 6.47. The number of piperidine rings is 1. The highest BCUT2D eigenvalue weighted by atomic mass is 32.1. The van der Waals surface area contributed by atoms with E-state index in [1.165, 1.54) is 4.70 Å². The van der Waals surface area contributed by atoms with Gasteiger partial charge in [0, 0.05) is 47.7 Å². The summed E-state index contributed by atoms with van der Waals surface area (Å²) in [6, 6.07) is 8.13. The summed E-state index contributed by atoms with van der Waals surface area (Å²) in [4.78, 5) is 15.2. The molecule has 0 radical (unpaired) electrons. The van der Waals surface area contributed by atoms with Crippen LogP contribution in [-0.2, 0) is 9.47 Å². The Balaban J connectivity index is 1.61. The van der Waals surface area contributed by atoms with Crippen molar-refractivity contribution < 1.29 is 14.3 Å². The maximum absolute atomic E-state index is 13.1. The van der Waals surface area contributed by atoms with Crippen molar-refractivity contribution in [3.63, 3.8) is 0 Å². The molecule has 5 heteroatoms. The van der Waals surface area contributed by atoms with E-state index in [0.29, 0.717) is 6.61 Å². The maximum atomic E-state index is 13.1. The summed E-state index contributed by atoms with van der Waals surface area (Å²) in [5.74, 6) is 0.145. The molecule has 2 saturated heterocycles. The standard InChI is InChI=1S/C19H23NO3S/c1-22-13-19-8-4-10-23-17(19)7-9-20(12-19)18(21)15-11-24-16-6-3-2-5-14(15)16/h2-3,5-6,11,17H,4,7-10,12-13H2,1H3/t17-,19-/m0/s1.